The van der Waals surface area contributed by atoms with Crippen molar-refractivity contribution in [2.45, 2.75) is 13.8 Å². The maximum atomic E-state index is 11.9. The molecule has 2 rings (SSSR count). The molecule has 0 aliphatic carbocycles. The van der Waals surface area contributed by atoms with Crippen LogP contribution in [0.5, 0.6) is 5.75 Å². The van der Waals surface area contributed by atoms with E-state index in [1.54, 1.807) is 6.92 Å². The largest absolute Gasteiger partial charge is 0.493 e. The molecular weight excluding hydrogens is 248 g/mol. The summed E-state index contributed by atoms with van der Waals surface area (Å²) in [5.74, 6) is 0.664. The number of hydrogen-bond acceptors (Lipinski definition) is 2. The molecule has 0 N–H and O–H groups in total. The average Bonchev–Trinajstić information content (AvgIpc) is 2.46. The van der Waals surface area contributed by atoms with E-state index in [1.165, 1.54) is 0 Å². The summed E-state index contributed by atoms with van der Waals surface area (Å²) in [5, 5.41) is 0. The van der Waals surface area contributed by atoms with Gasteiger partial charge in [0.05, 0.1) is 12.2 Å². The highest BCUT2D eigenvalue weighted by Gasteiger charge is 2.11. The van der Waals surface area contributed by atoms with Crippen molar-refractivity contribution in [3.63, 3.8) is 0 Å². The number of ether oxygens (including phenoxy) is 1. The Balaban J connectivity index is 2.38. The zero-order valence-electron chi connectivity index (χ0n) is 11.8. The molecule has 2 aromatic carbocycles. The third-order valence-corrected chi connectivity index (χ3v) is 2.97. The van der Waals surface area contributed by atoms with Gasteiger partial charge in [-0.2, -0.15) is 0 Å². The van der Waals surface area contributed by atoms with E-state index >= 15 is 0 Å². The summed E-state index contributed by atoms with van der Waals surface area (Å²) in [6, 6.07) is 15.7. The quantitative estimate of drug-likeness (QED) is 0.590. The van der Waals surface area contributed by atoms with Crippen molar-refractivity contribution in [1.82, 2.24) is 0 Å². The van der Waals surface area contributed by atoms with Gasteiger partial charge < -0.3 is 4.74 Å². The van der Waals surface area contributed by atoms with Crippen molar-refractivity contribution in [2.75, 3.05) is 6.61 Å². The lowest BCUT2D eigenvalue weighted by atomic mass is 10.0. The molecule has 102 valence electrons. The van der Waals surface area contributed by atoms with Gasteiger partial charge in [0.2, 0.25) is 0 Å². The second-order valence-corrected chi connectivity index (χ2v) is 4.45. The lowest BCUT2D eigenvalue weighted by Gasteiger charge is -2.10. The van der Waals surface area contributed by atoms with Gasteiger partial charge in [-0.05, 0) is 31.0 Å². The minimum Gasteiger partial charge on any atom is -0.493 e. The van der Waals surface area contributed by atoms with Gasteiger partial charge in [-0.1, -0.05) is 54.6 Å². The molecule has 0 saturated heterocycles. The van der Waals surface area contributed by atoms with E-state index in [1.807, 2.05) is 67.6 Å². The van der Waals surface area contributed by atoms with E-state index in [2.05, 4.69) is 0 Å². The highest BCUT2D eigenvalue weighted by atomic mass is 16.5. The third kappa shape index (κ3) is 3.35. The third-order valence-electron chi connectivity index (χ3n) is 2.97. The van der Waals surface area contributed by atoms with E-state index in [0.717, 1.165) is 11.1 Å². The molecule has 0 amide bonds. The number of ketones is 1. The van der Waals surface area contributed by atoms with Gasteiger partial charge in [0.1, 0.15) is 5.75 Å². The summed E-state index contributed by atoms with van der Waals surface area (Å²) in [5.41, 5.74) is 2.62. The van der Waals surface area contributed by atoms with Gasteiger partial charge in [0, 0.05) is 0 Å². The standard InChI is InChI=1S/C18H18O2/c1-3-20-17-11-7-10-16(18(17)14(2)19)13-12-15-8-5-4-6-9-15/h4-13H,3H2,1-2H3/b13-12+. The zero-order valence-corrected chi connectivity index (χ0v) is 11.8. The van der Waals surface area contributed by atoms with Crippen molar-refractivity contribution in [1.29, 1.82) is 0 Å². The van der Waals surface area contributed by atoms with Crippen LogP contribution in [0, 0.1) is 0 Å². The molecule has 0 unspecified atom stereocenters. The molecule has 0 atom stereocenters. The van der Waals surface area contributed by atoms with Crippen molar-refractivity contribution in [2.24, 2.45) is 0 Å². The van der Waals surface area contributed by atoms with Crippen LogP contribution < -0.4 is 4.74 Å². The summed E-state index contributed by atoms with van der Waals surface area (Å²) in [7, 11) is 0. The molecule has 0 fully saturated rings. The second kappa shape index (κ2) is 6.71. The fraction of sp³-hybridized carbons (Fsp3) is 0.167. The van der Waals surface area contributed by atoms with Gasteiger partial charge in [0.25, 0.3) is 0 Å². The number of benzene rings is 2. The number of rotatable bonds is 5. The number of carbonyl (C=O) groups excluding carboxylic acids is 1. The van der Waals surface area contributed by atoms with Gasteiger partial charge in [-0.25, -0.2) is 0 Å². The first-order valence-electron chi connectivity index (χ1n) is 6.72. The minimum absolute atomic E-state index is 0.0155. The van der Waals surface area contributed by atoms with Gasteiger partial charge in [-0.3, -0.25) is 4.79 Å². The van der Waals surface area contributed by atoms with Crippen LogP contribution >= 0.6 is 0 Å². The molecule has 0 aliphatic rings. The Morgan fingerprint density at radius 1 is 1.05 bits per heavy atom. The maximum Gasteiger partial charge on any atom is 0.164 e. The molecule has 2 heteroatoms. The molecule has 0 heterocycles. The minimum atomic E-state index is 0.0155. The highest BCUT2D eigenvalue weighted by Crippen LogP contribution is 2.25. The maximum absolute atomic E-state index is 11.9. The first-order chi connectivity index (χ1) is 9.72. The van der Waals surface area contributed by atoms with E-state index in [4.69, 9.17) is 4.74 Å². The lowest BCUT2D eigenvalue weighted by molar-refractivity contribution is 0.101. The number of carbonyl (C=O) groups is 1. The molecule has 0 spiro atoms. The van der Waals surface area contributed by atoms with Crippen LogP contribution in [0.3, 0.4) is 0 Å². The predicted molar refractivity (Wildman–Crippen MR) is 83.0 cm³/mol. The SMILES string of the molecule is CCOc1cccc(/C=C/c2ccccc2)c1C(C)=O. The topological polar surface area (TPSA) is 26.3 Å². The molecule has 0 aromatic heterocycles. The van der Waals surface area contributed by atoms with Crippen molar-refractivity contribution in [3.8, 4) is 5.75 Å². The van der Waals surface area contributed by atoms with Crippen LogP contribution in [-0.4, -0.2) is 12.4 Å². The number of Topliss-reactive ketones (excluding diaryl/α,β-unsaturated/α-hetero) is 1. The van der Waals surface area contributed by atoms with Gasteiger partial charge in [-0.15, -0.1) is 0 Å². The summed E-state index contributed by atoms with van der Waals surface area (Å²) >= 11 is 0. The van der Waals surface area contributed by atoms with E-state index in [0.29, 0.717) is 17.9 Å². The molecule has 0 bridgehead atoms. The van der Waals surface area contributed by atoms with Crippen LogP contribution in [0.4, 0.5) is 0 Å². The van der Waals surface area contributed by atoms with Gasteiger partial charge in [0.15, 0.2) is 5.78 Å². The Bertz CT molecular complexity index is 613. The van der Waals surface area contributed by atoms with Crippen molar-refractivity contribution in [3.05, 3.63) is 65.2 Å². The van der Waals surface area contributed by atoms with E-state index in [9.17, 15) is 4.79 Å². The van der Waals surface area contributed by atoms with Crippen LogP contribution in [0.2, 0.25) is 0 Å². The molecule has 0 saturated carbocycles. The molecule has 0 radical (unpaired) electrons. The predicted octanol–water partition coefficient (Wildman–Crippen LogP) is 4.46. The Morgan fingerprint density at radius 2 is 1.80 bits per heavy atom. The van der Waals surface area contributed by atoms with Crippen LogP contribution in [0.1, 0.15) is 35.3 Å². The van der Waals surface area contributed by atoms with E-state index in [-0.39, 0.29) is 5.78 Å². The smallest absolute Gasteiger partial charge is 0.164 e. The normalized spacial score (nSPS) is 10.7. The van der Waals surface area contributed by atoms with Crippen LogP contribution in [0.25, 0.3) is 12.2 Å². The first kappa shape index (κ1) is 14.1. The van der Waals surface area contributed by atoms with E-state index < -0.39 is 0 Å². The Hall–Kier alpha value is -2.35. The average molecular weight is 266 g/mol. The first-order valence-corrected chi connectivity index (χ1v) is 6.72. The summed E-state index contributed by atoms with van der Waals surface area (Å²) < 4.78 is 5.54. The Kier molecular flexibility index (Phi) is 4.72. The molecule has 2 aromatic rings. The van der Waals surface area contributed by atoms with Gasteiger partial charge >= 0.3 is 0 Å². The highest BCUT2D eigenvalue weighted by molar-refractivity contribution is 6.01. The monoisotopic (exact) mass is 266 g/mol. The second-order valence-electron chi connectivity index (χ2n) is 4.45. The Morgan fingerprint density at radius 3 is 2.45 bits per heavy atom. The Labute approximate surface area is 119 Å². The van der Waals surface area contributed by atoms with Crippen molar-refractivity contribution < 1.29 is 9.53 Å². The molecule has 20 heavy (non-hydrogen) atoms. The number of hydrogen-bond donors (Lipinski definition) is 0. The van der Waals surface area contributed by atoms with Crippen LogP contribution in [-0.2, 0) is 0 Å². The fourth-order valence-corrected chi connectivity index (χ4v) is 2.09. The summed E-state index contributed by atoms with van der Waals surface area (Å²) in [6.45, 7) is 4.03. The fourth-order valence-electron chi connectivity index (χ4n) is 2.09. The molecule has 0 aliphatic heterocycles. The lowest BCUT2D eigenvalue weighted by Crippen LogP contribution is -2.02. The summed E-state index contributed by atoms with van der Waals surface area (Å²) in [6.07, 6.45) is 3.95. The van der Waals surface area contributed by atoms with Crippen molar-refractivity contribution >= 4 is 17.9 Å². The van der Waals surface area contributed by atoms with Crippen LogP contribution in [0.15, 0.2) is 48.5 Å². The molecular formula is C18H18O2. The summed E-state index contributed by atoms with van der Waals surface area (Å²) in [4.78, 5) is 11.9. The zero-order chi connectivity index (χ0) is 14.4. The molecule has 2 nitrogen and oxygen atoms in total.